The average Bonchev–Trinajstić information content (AvgIpc) is 2.77. The minimum absolute atomic E-state index is 0.151. The fourth-order valence-corrected chi connectivity index (χ4v) is 6.03. The first kappa shape index (κ1) is 23.5. The zero-order chi connectivity index (χ0) is 23.8. The topological polar surface area (TPSA) is 61.4 Å². The van der Waals surface area contributed by atoms with Crippen LogP contribution in [0.25, 0.3) is 0 Å². The number of thiocarbonyl (C=S) groups is 1. The molecule has 1 aliphatic heterocycles. The number of nitrogens with one attached hydrogen (secondary N) is 2. The lowest BCUT2D eigenvalue weighted by Gasteiger charge is -2.36. The molecule has 0 saturated carbocycles. The predicted molar refractivity (Wildman–Crippen MR) is 136 cm³/mol. The molecule has 3 aromatic rings. The second-order valence-electron chi connectivity index (χ2n) is 8.00. The molecular weight excluding hydrogens is 481 g/mol. The summed E-state index contributed by atoms with van der Waals surface area (Å²) in [4.78, 5) is 0.151. The maximum Gasteiger partial charge on any atom is 0.264 e. The van der Waals surface area contributed by atoms with Crippen molar-refractivity contribution in [3.8, 4) is 0 Å². The van der Waals surface area contributed by atoms with Crippen LogP contribution in [0.15, 0.2) is 65.6 Å². The van der Waals surface area contributed by atoms with Crippen LogP contribution < -0.4 is 14.9 Å². The monoisotopic (exact) mass is 503 g/mol. The van der Waals surface area contributed by atoms with Crippen molar-refractivity contribution < 1.29 is 12.8 Å². The molecule has 0 spiro atoms. The molecule has 0 saturated heterocycles. The van der Waals surface area contributed by atoms with Gasteiger partial charge in [-0.2, -0.15) is 0 Å². The molecule has 1 heterocycles. The summed E-state index contributed by atoms with van der Waals surface area (Å²) in [6.07, 6.45) is 1.26. The van der Waals surface area contributed by atoms with Crippen LogP contribution >= 0.6 is 23.8 Å². The molecule has 9 heteroatoms. The van der Waals surface area contributed by atoms with Gasteiger partial charge in [0.05, 0.1) is 21.3 Å². The van der Waals surface area contributed by atoms with Crippen molar-refractivity contribution in [3.05, 3.63) is 82.6 Å². The largest absolute Gasteiger partial charge is 0.332 e. The Labute approximate surface area is 203 Å². The fourth-order valence-electron chi connectivity index (χ4n) is 3.91. The number of rotatable bonds is 4. The second kappa shape index (κ2) is 9.29. The number of halogens is 2. The van der Waals surface area contributed by atoms with E-state index in [0.29, 0.717) is 45.6 Å². The first-order valence-corrected chi connectivity index (χ1v) is 12.7. The number of hydrogen-bond donors (Lipinski definition) is 2. The van der Waals surface area contributed by atoms with Gasteiger partial charge in [0, 0.05) is 11.7 Å². The molecular formula is C24H23ClFN3O2S2. The van der Waals surface area contributed by atoms with Gasteiger partial charge in [-0.3, -0.25) is 4.31 Å². The molecule has 0 bridgehead atoms. The molecule has 0 fully saturated rings. The van der Waals surface area contributed by atoms with Crippen LogP contribution in [-0.2, 0) is 16.4 Å². The molecule has 4 rings (SSSR count). The van der Waals surface area contributed by atoms with Crippen molar-refractivity contribution in [1.82, 2.24) is 0 Å². The Balaban J connectivity index is 1.53. The Hall–Kier alpha value is -2.68. The minimum atomic E-state index is -3.82. The normalized spacial score (nSPS) is 15.6. The maximum atomic E-state index is 13.7. The predicted octanol–water partition coefficient (Wildman–Crippen LogP) is 6.13. The lowest BCUT2D eigenvalue weighted by Crippen LogP contribution is -2.42. The second-order valence-corrected chi connectivity index (χ2v) is 10.6. The Morgan fingerprint density at radius 3 is 2.58 bits per heavy atom. The van der Waals surface area contributed by atoms with Crippen LogP contribution in [-0.4, -0.2) is 19.6 Å². The van der Waals surface area contributed by atoms with E-state index < -0.39 is 10.0 Å². The number of nitrogens with zero attached hydrogens (tertiary/aromatic N) is 1. The molecule has 172 valence electrons. The Morgan fingerprint density at radius 2 is 1.85 bits per heavy atom. The van der Waals surface area contributed by atoms with Crippen molar-refractivity contribution in [1.29, 1.82) is 0 Å². The van der Waals surface area contributed by atoms with Crippen molar-refractivity contribution >= 4 is 56.0 Å². The highest BCUT2D eigenvalue weighted by Gasteiger charge is 2.34. The first-order valence-electron chi connectivity index (χ1n) is 10.4. The Morgan fingerprint density at radius 1 is 1.12 bits per heavy atom. The van der Waals surface area contributed by atoms with Gasteiger partial charge < -0.3 is 10.6 Å². The smallest absolute Gasteiger partial charge is 0.264 e. The summed E-state index contributed by atoms with van der Waals surface area (Å²) in [7, 11) is -3.82. The average molecular weight is 504 g/mol. The summed E-state index contributed by atoms with van der Waals surface area (Å²) in [6, 6.07) is 16.0. The highest BCUT2D eigenvalue weighted by molar-refractivity contribution is 7.92. The summed E-state index contributed by atoms with van der Waals surface area (Å²) < 4.78 is 42.0. The number of anilines is 3. The van der Waals surface area contributed by atoms with Gasteiger partial charge in [-0.1, -0.05) is 23.7 Å². The van der Waals surface area contributed by atoms with E-state index in [1.54, 1.807) is 12.1 Å². The molecule has 1 atom stereocenters. The molecule has 3 aromatic carbocycles. The van der Waals surface area contributed by atoms with Gasteiger partial charge in [0.2, 0.25) is 0 Å². The van der Waals surface area contributed by atoms with E-state index >= 15 is 0 Å². The molecule has 0 radical (unpaired) electrons. The van der Waals surface area contributed by atoms with Gasteiger partial charge in [0.1, 0.15) is 5.82 Å². The van der Waals surface area contributed by atoms with Crippen molar-refractivity contribution in [2.45, 2.75) is 37.6 Å². The Bertz CT molecular complexity index is 1310. The van der Waals surface area contributed by atoms with Crippen molar-refractivity contribution in [2.75, 3.05) is 14.9 Å². The van der Waals surface area contributed by atoms with Gasteiger partial charge >= 0.3 is 0 Å². The molecule has 0 aromatic heterocycles. The van der Waals surface area contributed by atoms with Crippen LogP contribution in [0.1, 0.15) is 24.5 Å². The molecule has 33 heavy (non-hydrogen) atoms. The quantitative estimate of drug-likeness (QED) is 0.419. The van der Waals surface area contributed by atoms with E-state index in [4.69, 9.17) is 23.8 Å². The number of sulfonamides is 1. The van der Waals surface area contributed by atoms with Crippen LogP contribution in [0.4, 0.5) is 21.5 Å². The summed E-state index contributed by atoms with van der Waals surface area (Å²) in [5.74, 6) is -0.368. The lowest BCUT2D eigenvalue weighted by molar-refractivity contribution is 0.560. The maximum absolute atomic E-state index is 13.7. The van der Waals surface area contributed by atoms with Gasteiger partial charge in [-0.05, 0) is 98.6 Å². The SMILES string of the molecule is Cc1cccc(NC(=S)Nc2ccc(S(=O)(=O)N3c4ccc(F)cc4CCC3C)cc2)c1Cl. The minimum Gasteiger partial charge on any atom is -0.332 e. The Kier molecular flexibility index (Phi) is 6.61. The van der Waals surface area contributed by atoms with Crippen LogP contribution in [0, 0.1) is 12.7 Å². The number of hydrogen-bond acceptors (Lipinski definition) is 3. The number of aryl methyl sites for hydroxylation is 2. The van der Waals surface area contributed by atoms with E-state index in [2.05, 4.69) is 10.6 Å². The summed E-state index contributed by atoms with van der Waals surface area (Å²) in [6.45, 7) is 3.77. The first-order chi connectivity index (χ1) is 15.7. The van der Waals surface area contributed by atoms with Crippen LogP contribution in [0.3, 0.4) is 0 Å². The van der Waals surface area contributed by atoms with Crippen LogP contribution in [0.5, 0.6) is 0 Å². The third-order valence-electron chi connectivity index (χ3n) is 5.62. The van der Waals surface area contributed by atoms with E-state index in [-0.39, 0.29) is 16.8 Å². The third kappa shape index (κ3) is 4.83. The highest BCUT2D eigenvalue weighted by Crippen LogP contribution is 2.36. The molecule has 2 N–H and O–H groups in total. The summed E-state index contributed by atoms with van der Waals surface area (Å²) >= 11 is 11.7. The fraction of sp³-hybridized carbons (Fsp3) is 0.208. The van der Waals surface area contributed by atoms with Crippen molar-refractivity contribution in [3.63, 3.8) is 0 Å². The van der Waals surface area contributed by atoms with E-state index in [0.717, 1.165) is 5.56 Å². The van der Waals surface area contributed by atoms with Crippen LogP contribution in [0.2, 0.25) is 5.02 Å². The number of benzene rings is 3. The van der Waals surface area contributed by atoms with E-state index in [1.807, 2.05) is 32.0 Å². The molecule has 0 amide bonds. The molecule has 0 aliphatic carbocycles. The molecule has 1 unspecified atom stereocenters. The number of fused-ring (bicyclic) bond motifs is 1. The van der Waals surface area contributed by atoms with Gasteiger partial charge in [0.25, 0.3) is 10.0 Å². The van der Waals surface area contributed by atoms with Gasteiger partial charge in [-0.15, -0.1) is 0 Å². The summed E-state index contributed by atoms with van der Waals surface area (Å²) in [5.41, 5.74) is 3.46. The molecule has 5 nitrogen and oxygen atoms in total. The van der Waals surface area contributed by atoms with E-state index in [1.165, 1.54) is 34.6 Å². The molecule has 1 aliphatic rings. The van der Waals surface area contributed by atoms with Gasteiger partial charge in [0.15, 0.2) is 5.11 Å². The highest BCUT2D eigenvalue weighted by atomic mass is 35.5. The zero-order valence-corrected chi connectivity index (χ0v) is 20.5. The van der Waals surface area contributed by atoms with E-state index in [9.17, 15) is 12.8 Å². The zero-order valence-electron chi connectivity index (χ0n) is 18.1. The van der Waals surface area contributed by atoms with Crippen molar-refractivity contribution in [2.24, 2.45) is 0 Å². The van der Waals surface area contributed by atoms with Gasteiger partial charge in [-0.25, -0.2) is 12.8 Å². The standard InChI is InChI=1S/C24H23ClFN3O2S2/c1-15-4-3-5-21(23(15)25)28-24(32)27-19-9-11-20(12-10-19)33(30,31)29-16(2)6-7-17-14-18(26)8-13-22(17)29/h3-5,8-14,16H,6-7H2,1-2H3,(H2,27,28,32). The summed E-state index contributed by atoms with van der Waals surface area (Å²) in [5, 5.41) is 7.00. The lowest BCUT2D eigenvalue weighted by atomic mass is 9.99. The third-order valence-corrected chi connectivity index (χ3v) is 8.27.